The van der Waals surface area contributed by atoms with E-state index in [2.05, 4.69) is 0 Å². The van der Waals surface area contributed by atoms with Crippen molar-refractivity contribution in [1.29, 1.82) is 0 Å². The van der Waals surface area contributed by atoms with Gasteiger partial charge in [-0.25, -0.2) is 0 Å². The second-order valence-electron chi connectivity index (χ2n) is 9.21. The molecule has 3 aliphatic heterocycles. The van der Waals surface area contributed by atoms with Gasteiger partial charge in [0.25, 0.3) is 0 Å². The van der Waals surface area contributed by atoms with Crippen molar-refractivity contribution in [3.05, 3.63) is 0 Å². The first-order valence-corrected chi connectivity index (χ1v) is 11.8. The molecule has 15 nitrogen and oxygen atoms in total. The Labute approximate surface area is 196 Å². The van der Waals surface area contributed by atoms with E-state index in [0.717, 1.165) is 0 Å². The molecule has 0 aliphatic carbocycles. The van der Waals surface area contributed by atoms with Crippen LogP contribution in [-0.4, -0.2) is 170 Å². The number of hydrogen-bond donors (Lipinski definition) is 11. The summed E-state index contributed by atoms with van der Waals surface area (Å²) >= 11 is 0. The summed E-state index contributed by atoms with van der Waals surface area (Å²) in [6, 6.07) is 0. The predicted octanol–water partition coefficient (Wildman–Crippen LogP) is -8.46. The summed E-state index contributed by atoms with van der Waals surface area (Å²) in [5.74, 6) is 0. The normalized spacial score (nSPS) is 57.0. The predicted molar refractivity (Wildman–Crippen MR) is 109 cm³/mol. The van der Waals surface area contributed by atoms with E-state index in [0.29, 0.717) is 0 Å². The van der Waals surface area contributed by atoms with E-state index in [1.54, 1.807) is 0 Å². The molecule has 3 fully saturated rings. The monoisotopic (exact) mass is 518 g/mol. The van der Waals surface area contributed by atoms with Gasteiger partial charge in [0, 0.05) is 0 Å². The van der Waals surface area contributed by atoms with Gasteiger partial charge in [0.1, 0.15) is 66.3 Å². The largest absolute Gasteiger partial charge is 0.394 e. The SMILES string of the molecule is C[C@@H]1OC([C@]2(O)[C@H](O[C@@H]3O[C@H](CO)[C@H](O)[C@@](O)([SiH3])[C@H]3O)[C@@H](CO)OC(O)[C@@H]2O)[C@@H](O)[C@H](O)[C@@H]1O. The van der Waals surface area contributed by atoms with Gasteiger partial charge in [0.2, 0.25) is 0 Å². The molecule has 200 valence electrons. The van der Waals surface area contributed by atoms with Crippen molar-refractivity contribution in [2.24, 2.45) is 0 Å². The zero-order valence-electron chi connectivity index (χ0n) is 18.5. The first kappa shape index (κ1) is 28.2. The molecule has 0 aromatic carbocycles. The highest BCUT2D eigenvalue weighted by atomic mass is 28.1. The minimum absolute atomic E-state index is 0.226. The molecule has 0 radical (unpaired) electrons. The smallest absolute Gasteiger partial charge is 0.187 e. The third-order valence-electron chi connectivity index (χ3n) is 6.92. The van der Waals surface area contributed by atoms with Crippen LogP contribution in [0.1, 0.15) is 6.92 Å². The molecule has 16 heteroatoms. The van der Waals surface area contributed by atoms with Gasteiger partial charge in [0.15, 0.2) is 18.2 Å². The lowest BCUT2D eigenvalue weighted by Crippen LogP contribution is -2.78. The van der Waals surface area contributed by atoms with Crippen LogP contribution in [0, 0.1) is 0 Å². The molecule has 2 unspecified atom stereocenters. The number of rotatable bonds is 5. The van der Waals surface area contributed by atoms with Crippen molar-refractivity contribution in [2.45, 2.75) is 97.5 Å². The molecule has 3 rings (SSSR count). The maximum Gasteiger partial charge on any atom is 0.187 e. The Morgan fingerprint density at radius 2 is 1.35 bits per heavy atom. The van der Waals surface area contributed by atoms with Gasteiger partial charge >= 0.3 is 0 Å². The number of aliphatic hydroxyl groups excluding tert-OH is 9. The van der Waals surface area contributed by atoms with Crippen molar-refractivity contribution in [3.8, 4) is 0 Å². The second kappa shape index (κ2) is 10.2. The summed E-state index contributed by atoms with van der Waals surface area (Å²) in [7, 11) is -0.226. The van der Waals surface area contributed by atoms with E-state index in [9.17, 15) is 56.2 Å². The molecule has 0 aromatic heterocycles. The first-order valence-electron chi connectivity index (χ1n) is 10.8. The molecule has 0 aromatic rings. The minimum Gasteiger partial charge on any atom is -0.394 e. The average molecular weight is 519 g/mol. The fourth-order valence-electron chi connectivity index (χ4n) is 4.66. The van der Waals surface area contributed by atoms with E-state index in [1.807, 2.05) is 0 Å². The van der Waals surface area contributed by atoms with Crippen LogP contribution in [0.3, 0.4) is 0 Å². The molecular formula is C18H34O15Si. The van der Waals surface area contributed by atoms with Crippen molar-refractivity contribution in [2.75, 3.05) is 13.2 Å². The van der Waals surface area contributed by atoms with Crippen LogP contribution < -0.4 is 0 Å². The summed E-state index contributed by atoms with van der Waals surface area (Å²) in [6.07, 6.45) is -23.5. The Kier molecular flexibility index (Phi) is 8.43. The standard InChI is InChI=1S/C18H34O15Si/c1-4-7(21)8(22)9(23)14(30-4)17(28)11(25)15(27)31-6(3-20)13(17)33-16-12(26)18(29,34)10(24)5(2-19)32-16/h4-16,19-29H,2-3H2,1,34H3/t4-,5+,6+,7+,8+,9-,10-,11-,12-,13+,14?,15?,16-,17+,18+/m0/s1. The topological polar surface area (TPSA) is 259 Å². The fourth-order valence-corrected chi connectivity index (χ4v) is 5.30. The summed E-state index contributed by atoms with van der Waals surface area (Å²) < 4.78 is 21.5. The van der Waals surface area contributed by atoms with Gasteiger partial charge in [-0.15, -0.1) is 0 Å². The molecule has 15 atom stereocenters. The number of ether oxygens (including phenoxy) is 4. The molecule has 0 saturated carbocycles. The summed E-state index contributed by atoms with van der Waals surface area (Å²) in [4.78, 5) is 0. The van der Waals surface area contributed by atoms with Gasteiger partial charge in [-0.1, -0.05) is 0 Å². The van der Waals surface area contributed by atoms with Crippen LogP contribution in [0.4, 0.5) is 0 Å². The molecular weight excluding hydrogens is 484 g/mol. The second-order valence-corrected chi connectivity index (χ2v) is 10.8. The van der Waals surface area contributed by atoms with Crippen LogP contribution in [0.25, 0.3) is 0 Å². The Bertz CT molecular complexity index is 700. The van der Waals surface area contributed by atoms with Crippen molar-refractivity contribution >= 4 is 10.2 Å². The van der Waals surface area contributed by atoms with Crippen LogP contribution in [0.5, 0.6) is 0 Å². The molecule has 34 heavy (non-hydrogen) atoms. The number of hydrogen-bond acceptors (Lipinski definition) is 15. The van der Waals surface area contributed by atoms with Crippen molar-refractivity contribution in [1.82, 2.24) is 0 Å². The van der Waals surface area contributed by atoms with Crippen LogP contribution in [-0.2, 0) is 18.9 Å². The van der Waals surface area contributed by atoms with E-state index < -0.39 is 104 Å². The summed E-state index contributed by atoms with van der Waals surface area (Å²) in [5, 5.41) is 112. The van der Waals surface area contributed by atoms with Crippen LogP contribution in [0.15, 0.2) is 0 Å². The third kappa shape index (κ3) is 4.45. The highest BCUT2D eigenvalue weighted by molar-refractivity contribution is 6.15. The minimum atomic E-state index is -2.85. The van der Waals surface area contributed by atoms with Gasteiger partial charge in [0.05, 0.1) is 29.6 Å². The van der Waals surface area contributed by atoms with Crippen molar-refractivity contribution in [3.63, 3.8) is 0 Å². The lowest BCUT2D eigenvalue weighted by Gasteiger charge is -2.56. The molecule has 0 bridgehead atoms. The quantitative estimate of drug-likeness (QED) is 0.151. The fraction of sp³-hybridized carbons (Fsp3) is 1.00. The average Bonchev–Trinajstić information content (AvgIpc) is 2.80. The Balaban J connectivity index is 2.01. The van der Waals surface area contributed by atoms with Gasteiger partial charge in [-0.05, 0) is 6.92 Å². The molecule has 0 spiro atoms. The molecule has 11 N–H and O–H groups in total. The van der Waals surface area contributed by atoms with E-state index in [4.69, 9.17) is 18.9 Å². The highest BCUT2D eigenvalue weighted by Gasteiger charge is 2.66. The van der Waals surface area contributed by atoms with Crippen molar-refractivity contribution < 1.29 is 75.1 Å². The van der Waals surface area contributed by atoms with E-state index >= 15 is 0 Å². The Morgan fingerprint density at radius 3 is 1.91 bits per heavy atom. The summed E-state index contributed by atoms with van der Waals surface area (Å²) in [6.45, 7) is -0.415. The zero-order chi connectivity index (χ0) is 25.7. The summed E-state index contributed by atoms with van der Waals surface area (Å²) in [5.41, 5.74) is -2.85. The molecule has 0 amide bonds. The molecule has 3 heterocycles. The third-order valence-corrected chi connectivity index (χ3v) is 8.10. The maximum absolute atomic E-state index is 11.6. The van der Waals surface area contributed by atoms with Gasteiger partial charge in [-0.3, -0.25) is 0 Å². The molecule has 3 aliphatic rings. The van der Waals surface area contributed by atoms with Gasteiger partial charge < -0.3 is 75.1 Å². The first-order chi connectivity index (χ1) is 15.7. The van der Waals surface area contributed by atoms with E-state index in [-0.39, 0.29) is 10.2 Å². The number of aliphatic hydroxyl groups is 11. The van der Waals surface area contributed by atoms with E-state index in [1.165, 1.54) is 6.92 Å². The lowest BCUT2D eigenvalue weighted by molar-refractivity contribution is -0.402. The Morgan fingerprint density at radius 1 is 0.765 bits per heavy atom. The molecule has 3 saturated heterocycles. The highest BCUT2D eigenvalue weighted by Crippen LogP contribution is 2.41. The van der Waals surface area contributed by atoms with Gasteiger partial charge in [-0.2, -0.15) is 0 Å². The maximum atomic E-state index is 11.6. The zero-order valence-corrected chi connectivity index (χ0v) is 20.5. The van der Waals surface area contributed by atoms with Crippen LogP contribution >= 0.6 is 0 Å². The van der Waals surface area contributed by atoms with Crippen LogP contribution in [0.2, 0.25) is 0 Å². The lowest BCUT2D eigenvalue weighted by atomic mass is 9.74. The Hall–Kier alpha value is -0.383.